The number of nitrogens with zero attached hydrogens (tertiary/aromatic N) is 1. The van der Waals surface area contributed by atoms with Gasteiger partial charge in [0.05, 0.1) is 0 Å². The number of carbonyl (C=O) groups is 3. The number of nitrogens with one attached hydrogen (secondary N) is 2. The predicted molar refractivity (Wildman–Crippen MR) is 103 cm³/mol. The minimum atomic E-state index is -0.675. The van der Waals surface area contributed by atoms with Gasteiger partial charge in [0.1, 0.15) is 6.04 Å². The van der Waals surface area contributed by atoms with Gasteiger partial charge in [-0.05, 0) is 57.7 Å². The van der Waals surface area contributed by atoms with Crippen LogP contribution in [-0.2, 0) is 19.1 Å². The summed E-state index contributed by atoms with van der Waals surface area (Å²) in [4.78, 5) is 35.4. The van der Waals surface area contributed by atoms with Crippen LogP contribution >= 0.6 is 0 Å². The first-order valence-corrected chi connectivity index (χ1v) is 9.43. The van der Waals surface area contributed by atoms with Gasteiger partial charge in [0.2, 0.25) is 5.91 Å². The summed E-state index contributed by atoms with van der Waals surface area (Å²) >= 11 is 0. The third-order valence-electron chi connectivity index (χ3n) is 4.50. The van der Waals surface area contributed by atoms with E-state index in [-0.39, 0.29) is 5.91 Å². The number of esters is 1. The van der Waals surface area contributed by atoms with Crippen LogP contribution in [-0.4, -0.2) is 41.5 Å². The molecule has 0 bridgehead atoms. The van der Waals surface area contributed by atoms with Crippen LogP contribution in [0.2, 0.25) is 0 Å². The average Bonchev–Trinajstić information content (AvgIpc) is 3.41. The first-order valence-electron chi connectivity index (χ1n) is 9.43. The number of amides is 2. The monoisotopic (exact) mass is 375 g/mol. The second kappa shape index (κ2) is 9.39. The number of rotatable bonds is 9. The van der Waals surface area contributed by atoms with Crippen LogP contribution in [0.3, 0.4) is 0 Å². The third-order valence-corrected chi connectivity index (χ3v) is 4.50. The lowest BCUT2D eigenvalue weighted by molar-refractivity contribution is -0.144. The highest BCUT2D eigenvalue weighted by atomic mass is 16.5. The lowest BCUT2D eigenvalue weighted by atomic mass is 10.2. The second-order valence-corrected chi connectivity index (χ2v) is 6.95. The Bertz CT molecular complexity index is 732. The van der Waals surface area contributed by atoms with Gasteiger partial charge in [-0.3, -0.25) is 9.59 Å². The molecule has 0 aliphatic heterocycles. The Morgan fingerprint density at radius 1 is 1.33 bits per heavy atom. The van der Waals surface area contributed by atoms with Crippen molar-refractivity contribution in [2.45, 2.75) is 59.0 Å². The van der Waals surface area contributed by atoms with E-state index in [1.807, 2.05) is 19.9 Å². The Kier molecular flexibility index (Phi) is 7.21. The van der Waals surface area contributed by atoms with Crippen molar-refractivity contribution in [1.82, 2.24) is 15.2 Å². The third kappa shape index (κ3) is 5.98. The fourth-order valence-electron chi connectivity index (χ4n) is 2.96. The molecule has 7 heteroatoms. The largest absolute Gasteiger partial charge is 0.452 e. The summed E-state index contributed by atoms with van der Waals surface area (Å²) in [6.45, 7) is 7.76. The molecule has 7 nitrogen and oxygen atoms in total. The smallest absolute Gasteiger partial charge is 0.331 e. The summed E-state index contributed by atoms with van der Waals surface area (Å²) in [6, 6.07) is 1.95. The Balaban J connectivity index is 1.79. The second-order valence-electron chi connectivity index (χ2n) is 6.95. The van der Waals surface area contributed by atoms with E-state index in [1.54, 1.807) is 13.0 Å². The minimum Gasteiger partial charge on any atom is -0.452 e. The SMILES string of the molecule is CCCNC(=O)[C@H](C)NC(=O)COC(=O)/C=C/c1cc(C)n(C2CC2)c1C. The van der Waals surface area contributed by atoms with Crippen molar-refractivity contribution < 1.29 is 19.1 Å². The highest BCUT2D eigenvalue weighted by Crippen LogP contribution is 2.38. The molecular weight excluding hydrogens is 346 g/mol. The van der Waals surface area contributed by atoms with Crippen molar-refractivity contribution in [3.8, 4) is 0 Å². The topological polar surface area (TPSA) is 89.4 Å². The average molecular weight is 375 g/mol. The van der Waals surface area contributed by atoms with Gasteiger partial charge in [-0.15, -0.1) is 0 Å². The quantitative estimate of drug-likeness (QED) is 0.510. The van der Waals surface area contributed by atoms with Crippen LogP contribution in [0.25, 0.3) is 6.08 Å². The lowest BCUT2D eigenvalue weighted by Crippen LogP contribution is -2.46. The first-order chi connectivity index (χ1) is 12.8. The fourth-order valence-corrected chi connectivity index (χ4v) is 2.96. The molecule has 0 unspecified atom stereocenters. The zero-order valence-corrected chi connectivity index (χ0v) is 16.5. The fraction of sp³-hybridized carbons (Fsp3) is 0.550. The molecule has 1 heterocycles. The van der Waals surface area contributed by atoms with Crippen molar-refractivity contribution >= 4 is 23.9 Å². The maximum Gasteiger partial charge on any atom is 0.331 e. The summed E-state index contributed by atoms with van der Waals surface area (Å²) in [5, 5.41) is 5.19. The van der Waals surface area contributed by atoms with Crippen LogP contribution < -0.4 is 10.6 Å². The molecule has 1 aliphatic rings. The van der Waals surface area contributed by atoms with Gasteiger partial charge in [0.25, 0.3) is 5.91 Å². The standard InChI is InChI=1S/C20H29N3O4/c1-5-10-21-20(26)14(3)22-18(24)12-27-19(25)9-6-16-11-13(2)23(15(16)4)17-7-8-17/h6,9,11,14,17H,5,7-8,10,12H2,1-4H3,(H,21,26)(H,22,24)/b9-6+/t14-/m0/s1. The molecule has 2 amide bonds. The molecule has 0 spiro atoms. The molecule has 1 saturated carbocycles. The van der Waals surface area contributed by atoms with Crippen molar-refractivity contribution in [1.29, 1.82) is 0 Å². The number of hydrogen-bond acceptors (Lipinski definition) is 4. The molecule has 0 saturated heterocycles. The maximum absolute atomic E-state index is 11.9. The van der Waals surface area contributed by atoms with Gasteiger partial charge in [0, 0.05) is 30.1 Å². The molecule has 0 radical (unpaired) electrons. The number of aromatic nitrogens is 1. The summed E-state index contributed by atoms with van der Waals surface area (Å²) in [6.07, 6.45) is 6.25. The highest BCUT2D eigenvalue weighted by molar-refractivity contribution is 5.91. The van der Waals surface area contributed by atoms with Gasteiger partial charge in [0.15, 0.2) is 6.61 Å². The van der Waals surface area contributed by atoms with Gasteiger partial charge < -0.3 is 19.9 Å². The minimum absolute atomic E-state index is 0.262. The predicted octanol–water partition coefficient (Wildman–Crippen LogP) is 2.03. The molecule has 1 aromatic rings. The summed E-state index contributed by atoms with van der Waals surface area (Å²) in [5.74, 6) is -1.37. The van der Waals surface area contributed by atoms with Crippen molar-refractivity contribution in [3.05, 3.63) is 29.1 Å². The van der Waals surface area contributed by atoms with Crippen LogP contribution in [0.15, 0.2) is 12.1 Å². The van der Waals surface area contributed by atoms with Gasteiger partial charge >= 0.3 is 5.97 Å². The van der Waals surface area contributed by atoms with E-state index in [9.17, 15) is 14.4 Å². The number of aryl methyl sites for hydroxylation is 1. The van der Waals surface area contributed by atoms with E-state index in [4.69, 9.17) is 4.74 Å². The van der Waals surface area contributed by atoms with E-state index < -0.39 is 24.5 Å². The number of carbonyl (C=O) groups excluding carboxylic acids is 3. The summed E-state index contributed by atoms with van der Waals surface area (Å²) in [5.41, 5.74) is 3.28. The Morgan fingerprint density at radius 2 is 2.04 bits per heavy atom. The molecule has 2 N–H and O–H groups in total. The van der Waals surface area contributed by atoms with Gasteiger partial charge in [-0.25, -0.2) is 4.79 Å². The van der Waals surface area contributed by atoms with Gasteiger partial charge in [-0.1, -0.05) is 6.92 Å². The molecule has 1 fully saturated rings. The number of hydrogen-bond donors (Lipinski definition) is 2. The molecule has 1 aliphatic carbocycles. The summed E-state index contributed by atoms with van der Waals surface area (Å²) in [7, 11) is 0. The Morgan fingerprint density at radius 3 is 2.67 bits per heavy atom. The zero-order valence-electron chi connectivity index (χ0n) is 16.5. The van der Waals surface area contributed by atoms with Crippen LogP contribution in [0, 0.1) is 13.8 Å². The van der Waals surface area contributed by atoms with Crippen LogP contribution in [0.1, 0.15) is 56.1 Å². The van der Waals surface area contributed by atoms with E-state index >= 15 is 0 Å². The summed E-state index contributed by atoms with van der Waals surface area (Å²) < 4.78 is 7.24. The molecule has 27 heavy (non-hydrogen) atoms. The van der Waals surface area contributed by atoms with Crippen LogP contribution in [0.4, 0.5) is 0 Å². The molecule has 1 aromatic heterocycles. The molecule has 1 atom stereocenters. The van der Waals surface area contributed by atoms with E-state index in [2.05, 4.69) is 22.1 Å². The van der Waals surface area contributed by atoms with Crippen molar-refractivity contribution in [3.63, 3.8) is 0 Å². The van der Waals surface area contributed by atoms with E-state index in [0.717, 1.165) is 17.7 Å². The Labute approximate surface area is 160 Å². The van der Waals surface area contributed by atoms with E-state index in [0.29, 0.717) is 12.6 Å². The van der Waals surface area contributed by atoms with Crippen molar-refractivity contribution in [2.24, 2.45) is 0 Å². The van der Waals surface area contributed by atoms with Gasteiger partial charge in [-0.2, -0.15) is 0 Å². The normalized spacial score (nSPS) is 14.8. The first kappa shape index (κ1) is 20.7. The number of ether oxygens (including phenoxy) is 1. The molecule has 2 rings (SSSR count). The van der Waals surface area contributed by atoms with E-state index in [1.165, 1.54) is 24.6 Å². The molecule has 148 valence electrons. The molecular formula is C20H29N3O4. The molecule has 0 aromatic carbocycles. The lowest BCUT2D eigenvalue weighted by Gasteiger charge is -2.13. The maximum atomic E-state index is 11.9. The highest BCUT2D eigenvalue weighted by Gasteiger charge is 2.26. The van der Waals surface area contributed by atoms with Crippen LogP contribution in [0.5, 0.6) is 0 Å². The zero-order chi connectivity index (χ0) is 20.0. The Hall–Kier alpha value is -2.57. The van der Waals surface area contributed by atoms with Crippen molar-refractivity contribution in [2.75, 3.05) is 13.2 Å².